The van der Waals surface area contributed by atoms with Gasteiger partial charge in [-0.3, -0.25) is 14.9 Å². The van der Waals surface area contributed by atoms with E-state index in [1.807, 2.05) is 30.3 Å². The van der Waals surface area contributed by atoms with Crippen molar-refractivity contribution in [3.8, 4) is 0 Å². The highest BCUT2D eigenvalue weighted by Gasteiger charge is 2.15. The molecule has 0 fully saturated rings. The minimum Gasteiger partial charge on any atom is -0.382 e. The molecule has 1 amide bonds. The van der Waals surface area contributed by atoms with Gasteiger partial charge in [-0.2, -0.15) is 0 Å². The number of nitrogen functional groups attached to an aromatic ring is 1. The van der Waals surface area contributed by atoms with Gasteiger partial charge in [-0.1, -0.05) is 36.4 Å². The summed E-state index contributed by atoms with van der Waals surface area (Å²) in [5.74, 6) is -0.389. The molecule has 0 saturated carbocycles. The van der Waals surface area contributed by atoms with Crippen LogP contribution >= 0.6 is 0 Å². The van der Waals surface area contributed by atoms with Crippen molar-refractivity contribution in [1.29, 1.82) is 0 Å². The molecule has 2 aromatic carbocycles. The summed E-state index contributed by atoms with van der Waals surface area (Å²) in [6.45, 7) is 0. The zero-order valence-corrected chi connectivity index (χ0v) is 11.9. The van der Waals surface area contributed by atoms with Gasteiger partial charge in [0.15, 0.2) is 0 Å². The molecule has 3 aromatic rings. The van der Waals surface area contributed by atoms with Gasteiger partial charge in [0, 0.05) is 11.6 Å². The standard InChI is InChI=1S/C16H12N4O3/c17-15-14(8-11(9-18-15)20(22)23)19-16(21)13-7-3-5-10-4-1-2-6-12(10)13/h1-9H,(H2,17,18)(H,19,21). The molecule has 1 heterocycles. The van der Waals surface area contributed by atoms with Gasteiger partial charge in [0.25, 0.3) is 11.6 Å². The Morgan fingerprint density at radius 2 is 1.91 bits per heavy atom. The summed E-state index contributed by atoms with van der Waals surface area (Å²) in [7, 11) is 0. The van der Waals surface area contributed by atoms with E-state index in [-0.39, 0.29) is 17.2 Å². The maximum atomic E-state index is 12.5. The molecule has 23 heavy (non-hydrogen) atoms. The monoisotopic (exact) mass is 308 g/mol. The number of fused-ring (bicyclic) bond motifs is 1. The summed E-state index contributed by atoms with van der Waals surface area (Å²) in [5.41, 5.74) is 6.00. The summed E-state index contributed by atoms with van der Waals surface area (Å²) in [5, 5.41) is 15.1. The first-order valence-corrected chi connectivity index (χ1v) is 6.75. The van der Waals surface area contributed by atoms with Crippen molar-refractivity contribution in [2.45, 2.75) is 0 Å². The van der Waals surface area contributed by atoms with Crippen LogP contribution in [0.25, 0.3) is 10.8 Å². The van der Waals surface area contributed by atoms with Crippen LogP contribution in [0.15, 0.2) is 54.7 Å². The number of nitrogens with one attached hydrogen (secondary N) is 1. The number of carbonyl (C=O) groups is 1. The average Bonchev–Trinajstić information content (AvgIpc) is 2.56. The molecule has 0 bridgehead atoms. The van der Waals surface area contributed by atoms with Crippen LogP contribution in [-0.2, 0) is 0 Å². The van der Waals surface area contributed by atoms with Gasteiger partial charge in [-0.05, 0) is 16.8 Å². The lowest BCUT2D eigenvalue weighted by atomic mass is 10.0. The van der Waals surface area contributed by atoms with Gasteiger partial charge < -0.3 is 11.1 Å². The Labute approximate surface area is 130 Å². The quantitative estimate of drug-likeness (QED) is 0.570. The van der Waals surface area contributed by atoms with E-state index in [2.05, 4.69) is 10.3 Å². The van der Waals surface area contributed by atoms with Crippen molar-refractivity contribution in [2.75, 3.05) is 11.1 Å². The van der Waals surface area contributed by atoms with E-state index < -0.39 is 10.8 Å². The molecule has 7 nitrogen and oxygen atoms in total. The summed E-state index contributed by atoms with van der Waals surface area (Å²) in [6, 6.07) is 14.0. The zero-order chi connectivity index (χ0) is 16.4. The molecular formula is C16H12N4O3. The largest absolute Gasteiger partial charge is 0.382 e. The molecule has 1 aromatic heterocycles. The van der Waals surface area contributed by atoms with Crippen molar-refractivity contribution in [2.24, 2.45) is 0 Å². The van der Waals surface area contributed by atoms with Crippen molar-refractivity contribution >= 4 is 33.9 Å². The second kappa shape index (κ2) is 5.72. The van der Waals surface area contributed by atoms with E-state index in [4.69, 9.17) is 5.73 Å². The number of hydrogen-bond acceptors (Lipinski definition) is 5. The third-order valence-electron chi connectivity index (χ3n) is 3.40. The first-order chi connectivity index (χ1) is 11.1. The third kappa shape index (κ3) is 2.80. The maximum absolute atomic E-state index is 12.5. The predicted molar refractivity (Wildman–Crippen MR) is 87.2 cm³/mol. The number of nitrogens with two attached hydrogens (primary N) is 1. The van der Waals surface area contributed by atoms with Crippen molar-refractivity contribution in [3.05, 3.63) is 70.4 Å². The second-order valence-corrected chi connectivity index (χ2v) is 4.86. The smallest absolute Gasteiger partial charge is 0.289 e. The minimum absolute atomic E-state index is 0.0178. The topological polar surface area (TPSA) is 111 Å². The van der Waals surface area contributed by atoms with Crippen LogP contribution in [0, 0.1) is 10.1 Å². The second-order valence-electron chi connectivity index (χ2n) is 4.86. The van der Waals surface area contributed by atoms with Crippen molar-refractivity contribution in [3.63, 3.8) is 0 Å². The number of rotatable bonds is 3. The van der Waals surface area contributed by atoms with Crippen LogP contribution in [0.3, 0.4) is 0 Å². The minimum atomic E-state index is -0.597. The molecular weight excluding hydrogens is 296 g/mol. The Morgan fingerprint density at radius 3 is 2.70 bits per heavy atom. The fraction of sp³-hybridized carbons (Fsp3) is 0. The lowest BCUT2D eigenvalue weighted by Crippen LogP contribution is -2.14. The molecule has 3 rings (SSSR count). The molecule has 0 aliphatic carbocycles. The number of carbonyl (C=O) groups excluding carboxylic acids is 1. The molecule has 0 spiro atoms. The number of anilines is 2. The Hall–Kier alpha value is -3.48. The molecule has 0 radical (unpaired) electrons. The van der Waals surface area contributed by atoms with Gasteiger partial charge in [0.1, 0.15) is 12.0 Å². The van der Waals surface area contributed by atoms with E-state index in [1.165, 1.54) is 6.07 Å². The van der Waals surface area contributed by atoms with Crippen molar-refractivity contribution in [1.82, 2.24) is 4.98 Å². The lowest BCUT2D eigenvalue weighted by Gasteiger charge is -2.09. The van der Waals surface area contributed by atoms with E-state index in [1.54, 1.807) is 12.1 Å². The number of nitro groups is 1. The Bertz CT molecular complexity index is 919. The van der Waals surface area contributed by atoms with Crippen LogP contribution in [0.5, 0.6) is 0 Å². The zero-order valence-electron chi connectivity index (χ0n) is 11.9. The number of nitrogens with zero attached hydrogens (tertiary/aromatic N) is 2. The number of pyridine rings is 1. The Kier molecular flexibility index (Phi) is 3.60. The highest BCUT2D eigenvalue weighted by atomic mass is 16.6. The van der Waals surface area contributed by atoms with Crippen LogP contribution < -0.4 is 11.1 Å². The van der Waals surface area contributed by atoms with Crippen LogP contribution in [0.1, 0.15) is 10.4 Å². The molecule has 0 saturated heterocycles. The maximum Gasteiger partial charge on any atom is 0.289 e. The van der Waals surface area contributed by atoms with Crippen LogP contribution in [-0.4, -0.2) is 15.8 Å². The fourth-order valence-corrected chi connectivity index (χ4v) is 2.28. The number of aromatic nitrogens is 1. The van der Waals surface area contributed by atoms with E-state index in [9.17, 15) is 14.9 Å². The first kappa shape index (κ1) is 14.5. The number of amides is 1. The predicted octanol–water partition coefficient (Wildman–Crippen LogP) is 2.98. The summed E-state index contributed by atoms with van der Waals surface area (Å²) in [4.78, 5) is 26.4. The normalized spacial score (nSPS) is 10.4. The van der Waals surface area contributed by atoms with E-state index in [0.717, 1.165) is 17.0 Å². The summed E-state index contributed by atoms with van der Waals surface area (Å²) in [6.07, 6.45) is 1.04. The number of hydrogen-bond donors (Lipinski definition) is 2. The highest BCUT2D eigenvalue weighted by molar-refractivity contribution is 6.13. The van der Waals surface area contributed by atoms with Gasteiger partial charge in [0.05, 0.1) is 10.6 Å². The van der Waals surface area contributed by atoms with Gasteiger partial charge in [0.2, 0.25) is 0 Å². The molecule has 0 unspecified atom stereocenters. The molecule has 0 atom stereocenters. The van der Waals surface area contributed by atoms with E-state index in [0.29, 0.717) is 5.56 Å². The van der Waals surface area contributed by atoms with Gasteiger partial charge in [-0.25, -0.2) is 4.98 Å². The third-order valence-corrected chi connectivity index (χ3v) is 3.40. The molecule has 114 valence electrons. The first-order valence-electron chi connectivity index (χ1n) is 6.75. The fourth-order valence-electron chi connectivity index (χ4n) is 2.28. The van der Waals surface area contributed by atoms with Gasteiger partial charge in [-0.15, -0.1) is 0 Å². The number of benzene rings is 2. The molecule has 0 aliphatic heterocycles. The van der Waals surface area contributed by atoms with Crippen molar-refractivity contribution < 1.29 is 9.72 Å². The van der Waals surface area contributed by atoms with Gasteiger partial charge >= 0.3 is 0 Å². The Balaban J connectivity index is 1.98. The highest BCUT2D eigenvalue weighted by Crippen LogP contribution is 2.24. The van der Waals surface area contributed by atoms with Crippen LogP contribution in [0.4, 0.5) is 17.2 Å². The summed E-state index contributed by atoms with van der Waals surface area (Å²) < 4.78 is 0. The summed E-state index contributed by atoms with van der Waals surface area (Å²) >= 11 is 0. The molecule has 3 N–H and O–H groups in total. The van der Waals surface area contributed by atoms with Crippen LogP contribution in [0.2, 0.25) is 0 Å². The SMILES string of the molecule is Nc1ncc([N+](=O)[O-])cc1NC(=O)c1cccc2ccccc12. The molecule has 0 aliphatic rings. The molecule has 7 heteroatoms. The average molecular weight is 308 g/mol. The Morgan fingerprint density at radius 1 is 1.17 bits per heavy atom. The van der Waals surface area contributed by atoms with E-state index >= 15 is 0 Å². The lowest BCUT2D eigenvalue weighted by molar-refractivity contribution is -0.385.